The van der Waals surface area contributed by atoms with E-state index < -0.39 is 12.2 Å². The molecule has 0 radical (unpaired) electrons. The molecule has 8 aromatic rings. The number of aliphatic hydroxyl groups excluding tert-OH is 2. The Morgan fingerprint density at radius 2 is 0.956 bits per heavy atom. The van der Waals surface area contributed by atoms with Crippen LogP contribution in [-0.4, -0.2) is 52.1 Å². The predicted molar refractivity (Wildman–Crippen MR) is 275 cm³/mol. The third kappa shape index (κ3) is 6.88. The van der Waals surface area contributed by atoms with E-state index in [1.54, 1.807) is 0 Å². The molecule has 6 aromatic carbocycles. The number of fused-ring (bicyclic) bond motifs is 6. The lowest BCUT2D eigenvalue weighted by Crippen LogP contribution is -2.31. The Hall–Kier alpha value is -6.67. The van der Waals surface area contributed by atoms with Gasteiger partial charge in [0, 0.05) is 47.8 Å². The Morgan fingerprint density at radius 3 is 1.40 bits per heavy atom. The van der Waals surface area contributed by atoms with Gasteiger partial charge in [-0.05, 0) is 130 Å². The van der Waals surface area contributed by atoms with Crippen LogP contribution in [0.4, 0.5) is 11.4 Å². The number of pyridine rings is 2. The topological polar surface area (TPSA) is 89.8 Å². The molecular weight excluding hydrogens is 837 g/mol. The number of para-hydroxylation sites is 2. The van der Waals surface area contributed by atoms with E-state index in [-0.39, 0.29) is 16.6 Å². The fourth-order valence-electron chi connectivity index (χ4n) is 12.8. The second-order valence-corrected chi connectivity index (χ2v) is 20.9. The van der Waals surface area contributed by atoms with Gasteiger partial charge >= 0.3 is 0 Å². The van der Waals surface area contributed by atoms with Gasteiger partial charge in [0.2, 0.25) is 5.78 Å². The maximum Gasteiger partial charge on any atom is 0.233 e. The zero-order valence-corrected chi connectivity index (χ0v) is 39.4. The molecule has 2 saturated heterocycles. The molecule has 2 aliphatic carbocycles. The van der Waals surface area contributed by atoms with Crippen molar-refractivity contribution in [3.8, 4) is 22.3 Å². The van der Waals surface area contributed by atoms with Gasteiger partial charge in [-0.2, -0.15) is 0 Å². The molecule has 0 amide bonds. The van der Waals surface area contributed by atoms with E-state index in [0.717, 1.165) is 81.4 Å². The van der Waals surface area contributed by atoms with Gasteiger partial charge in [-0.15, -0.1) is 0 Å². The number of ketones is 1. The van der Waals surface area contributed by atoms with Crippen LogP contribution in [0.2, 0.25) is 0 Å². The highest BCUT2D eigenvalue weighted by atomic mass is 16.3. The Morgan fingerprint density at radius 1 is 0.544 bits per heavy atom. The normalized spacial score (nSPS) is 21.9. The second kappa shape index (κ2) is 16.2. The van der Waals surface area contributed by atoms with E-state index in [1.165, 1.54) is 33.4 Å². The smallest absolute Gasteiger partial charge is 0.233 e. The fourth-order valence-corrected chi connectivity index (χ4v) is 12.8. The Kier molecular flexibility index (Phi) is 10.2. The first-order valence-corrected chi connectivity index (χ1v) is 24.7. The molecule has 340 valence electrons. The summed E-state index contributed by atoms with van der Waals surface area (Å²) in [5.41, 5.74) is 15.1. The first kappa shape index (κ1) is 42.7. The minimum absolute atomic E-state index is 0.200. The highest BCUT2D eigenvalue weighted by Crippen LogP contribution is 2.54. The molecule has 4 unspecified atom stereocenters. The van der Waals surface area contributed by atoms with Crippen molar-refractivity contribution in [2.75, 3.05) is 36.0 Å². The van der Waals surface area contributed by atoms with Gasteiger partial charge in [-0.25, -0.2) is 9.97 Å². The summed E-state index contributed by atoms with van der Waals surface area (Å²) in [4.78, 5) is 30.8. The molecule has 4 aliphatic rings. The van der Waals surface area contributed by atoms with Gasteiger partial charge in [0.1, 0.15) is 11.4 Å². The number of carbonyl (C=O) groups is 1. The van der Waals surface area contributed by atoms with Crippen LogP contribution in [0.1, 0.15) is 127 Å². The third-order valence-electron chi connectivity index (χ3n) is 16.1. The van der Waals surface area contributed by atoms with Crippen LogP contribution in [0, 0.1) is 0 Å². The molecule has 12 rings (SSSR count). The lowest BCUT2D eigenvalue weighted by Gasteiger charge is -2.28. The first-order valence-electron chi connectivity index (χ1n) is 24.7. The summed E-state index contributed by atoms with van der Waals surface area (Å²) in [6.07, 6.45) is 1.83. The third-order valence-corrected chi connectivity index (χ3v) is 16.1. The Balaban J connectivity index is 0.904. The van der Waals surface area contributed by atoms with Crippen molar-refractivity contribution in [1.29, 1.82) is 0 Å². The Labute approximate surface area is 399 Å². The zero-order chi connectivity index (χ0) is 46.5. The minimum Gasteiger partial charge on any atom is -0.388 e. The summed E-state index contributed by atoms with van der Waals surface area (Å²) in [5, 5.41) is 25.5. The first-order chi connectivity index (χ1) is 33.0. The molecule has 2 fully saturated rings. The van der Waals surface area contributed by atoms with Gasteiger partial charge in [0.05, 0.1) is 34.6 Å². The number of rotatable bonds is 8. The van der Waals surface area contributed by atoms with Crippen LogP contribution in [0.3, 0.4) is 0 Å². The molecule has 2 spiro atoms. The molecule has 0 saturated carbocycles. The molecule has 7 nitrogen and oxygen atoms in total. The minimum atomic E-state index is -0.573. The average Bonchev–Trinajstić information content (AvgIpc) is 4.13. The monoisotopic (exact) mass is 894 g/mol. The van der Waals surface area contributed by atoms with Crippen LogP contribution in [0.15, 0.2) is 146 Å². The SMILES string of the molecule is CC(C)c1ccccc1-c1ccc2c(c1)C(O)CC21CCN(c2cc3ccccc3nc2C(=O)c2nc3ccccc3cc2N2CCC3(CC(O)c4cc(-c5ccccc5C(C)C)ccc43)C2)C1. The maximum absolute atomic E-state index is 15.7. The van der Waals surface area contributed by atoms with Crippen molar-refractivity contribution in [3.63, 3.8) is 0 Å². The summed E-state index contributed by atoms with van der Waals surface area (Å²) in [5.74, 6) is 0.561. The van der Waals surface area contributed by atoms with Crippen LogP contribution in [0.5, 0.6) is 0 Å². The van der Waals surface area contributed by atoms with Crippen molar-refractivity contribution in [2.45, 2.75) is 88.3 Å². The van der Waals surface area contributed by atoms with Gasteiger partial charge in [0.15, 0.2) is 0 Å². The highest BCUT2D eigenvalue weighted by molar-refractivity contribution is 6.15. The van der Waals surface area contributed by atoms with Crippen molar-refractivity contribution in [3.05, 3.63) is 190 Å². The standard InChI is InChI=1S/C61H58N4O3/c1-37(2)43-15-7-9-17-45(43)39-21-23-49-47(29-39)55(66)33-60(49)25-27-64(35-60)53-31-41-13-5-11-19-51(41)62-57(53)59(68)58-54(32-42-14-6-12-20-52(42)63-58)65-28-26-61(36-65)34-56(67)48-30-40(22-24-50(48)61)46-18-10-8-16-44(46)38(3)4/h5-24,29-32,37-38,55-56,66-67H,25-28,33-36H2,1-4H3. The number of hydrogen-bond acceptors (Lipinski definition) is 7. The van der Waals surface area contributed by atoms with Gasteiger partial charge < -0.3 is 20.0 Å². The number of aromatic nitrogens is 2. The van der Waals surface area contributed by atoms with E-state index in [0.29, 0.717) is 49.2 Å². The molecule has 68 heavy (non-hydrogen) atoms. The quantitative estimate of drug-likeness (QED) is 0.147. The predicted octanol–water partition coefficient (Wildman–Crippen LogP) is 12.8. The largest absolute Gasteiger partial charge is 0.388 e. The van der Waals surface area contributed by atoms with Crippen molar-refractivity contribution in [2.24, 2.45) is 0 Å². The van der Waals surface area contributed by atoms with Crippen LogP contribution >= 0.6 is 0 Å². The van der Waals surface area contributed by atoms with E-state index in [4.69, 9.17) is 9.97 Å². The summed E-state index contributed by atoms with van der Waals surface area (Å²) in [7, 11) is 0. The highest BCUT2D eigenvalue weighted by Gasteiger charge is 2.50. The van der Waals surface area contributed by atoms with Crippen LogP contribution in [0.25, 0.3) is 44.1 Å². The molecule has 2 N–H and O–H groups in total. The summed E-state index contributed by atoms with van der Waals surface area (Å²) >= 11 is 0. The number of anilines is 2. The van der Waals surface area contributed by atoms with Crippen molar-refractivity contribution in [1.82, 2.24) is 9.97 Å². The number of hydrogen-bond donors (Lipinski definition) is 2. The van der Waals surface area contributed by atoms with Gasteiger partial charge in [-0.3, -0.25) is 4.79 Å². The van der Waals surface area contributed by atoms with Crippen LogP contribution in [-0.2, 0) is 10.8 Å². The second-order valence-electron chi connectivity index (χ2n) is 20.9. The molecule has 0 bridgehead atoms. The van der Waals surface area contributed by atoms with E-state index in [2.05, 4.69) is 147 Å². The molecule has 4 atom stereocenters. The van der Waals surface area contributed by atoms with E-state index in [1.807, 2.05) is 36.4 Å². The van der Waals surface area contributed by atoms with Gasteiger partial charge in [0.25, 0.3) is 0 Å². The average molecular weight is 895 g/mol. The molecular formula is C61H58N4O3. The lowest BCUT2D eigenvalue weighted by atomic mass is 9.80. The van der Waals surface area contributed by atoms with Crippen molar-refractivity contribution >= 4 is 39.0 Å². The summed E-state index contributed by atoms with van der Waals surface area (Å²) in [6.45, 7) is 11.7. The zero-order valence-electron chi connectivity index (χ0n) is 39.4. The molecule has 4 heterocycles. The molecule has 2 aromatic heterocycles. The van der Waals surface area contributed by atoms with Crippen molar-refractivity contribution < 1.29 is 15.0 Å². The lowest BCUT2D eigenvalue weighted by molar-refractivity contribution is 0.103. The molecule has 2 aliphatic heterocycles. The molecule has 7 heteroatoms. The Bertz CT molecular complexity index is 3100. The van der Waals surface area contributed by atoms with Crippen LogP contribution < -0.4 is 9.80 Å². The van der Waals surface area contributed by atoms with E-state index in [9.17, 15) is 10.2 Å². The number of aliphatic hydroxyl groups is 2. The van der Waals surface area contributed by atoms with Gasteiger partial charge in [-0.1, -0.05) is 137 Å². The number of carbonyl (C=O) groups excluding carboxylic acids is 1. The number of benzene rings is 6. The summed E-state index contributed by atoms with van der Waals surface area (Å²) < 4.78 is 0. The summed E-state index contributed by atoms with van der Waals surface area (Å²) in [6, 6.07) is 51.0. The van der Waals surface area contributed by atoms with E-state index >= 15 is 4.79 Å². The number of nitrogens with zero attached hydrogens (tertiary/aromatic N) is 4. The maximum atomic E-state index is 15.7. The fraction of sp³-hybridized carbons (Fsp3) is 0.295.